The van der Waals surface area contributed by atoms with E-state index in [4.69, 9.17) is 14.2 Å². The van der Waals surface area contributed by atoms with Gasteiger partial charge in [0.05, 0.1) is 0 Å². The third-order valence-electron chi connectivity index (χ3n) is 12.3. The third kappa shape index (κ3) is 49.0. The summed E-state index contributed by atoms with van der Waals surface area (Å²) in [5, 5.41) is 0. The quantitative estimate of drug-likeness (QED) is 0.0262. The number of allylic oxidation sites excluding steroid dienone is 2. The minimum Gasteiger partial charge on any atom is -0.462 e. The lowest BCUT2D eigenvalue weighted by molar-refractivity contribution is -0.167. The fourth-order valence-electron chi connectivity index (χ4n) is 8.14. The Labute approximate surface area is 380 Å². The first-order valence-electron chi connectivity index (χ1n) is 27.2. The van der Waals surface area contributed by atoms with E-state index in [9.17, 15) is 14.4 Å². The fourth-order valence-corrected chi connectivity index (χ4v) is 8.14. The lowest BCUT2D eigenvalue weighted by Gasteiger charge is -2.18. The predicted octanol–water partition coefficient (Wildman–Crippen LogP) is 17.8. The maximum absolute atomic E-state index is 12.8. The molecule has 0 N–H and O–H groups in total. The van der Waals surface area contributed by atoms with Gasteiger partial charge in [-0.1, -0.05) is 251 Å². The van der Waals surface area contributed by atoms with Gasteiger partial charge >= 0.3 is 17.9 Å². The molecule has 0 amide bonds. The molecule has 6 heteroatoms. The second-order valence-electron chi connectivity index (χ2n) is 18.5. The number of rotatable bonds is 50. The Morgan fingerprint density at radius 1 is 0.311 bits per heavy atom. The Kier molecular flexibility index (Phi) is 49.3. The lowest BCUT2D eigenvalue weighted by atomic mass is 10.0. The third-order valence-corrected chi connectivity index (χ3v) is 12.3. The van der Waals surface area contributed by atoms with E-state index in [1.807, 2.05) is 0 Å². The monoisotopic (exact) mass is 861 g/mol. The van der Waals surface area contributed by atoms with Crippen molar-refractivity contribution in [2.75, 3.05) is 13.2 Å². The Morgan fingerprint density at radius 2 is 0.541 bits per heavy atom. The van der Waals surface area contributed by atoms with Crippen LogP contribution in [0.25, 0.3) is 0 Å². The van der Waals surface area contributed by atoms with Crippen molar-refractivity contribution in [2.45, 2.75) is 309 Å². The average molecular weight is 861 g/mol. The number of esters is 3. The van der Waals surface area contributed by atoms with Crippen LogP contribution in [0, 0.1) is 0 Å². The minimum atomic E-state index is -0.766. The SMILES string of the molecule is CCCCCC/C=C\CCCCCCCC(=O)OC[C@H](COC(=O)CCCCCCCCCCCCCCCCCCC)OC(=O)CCCCCCCCCCCCCCC. The van der Waals surface area contributed by atoms with E-state index in [-0.39, 0.29) is 31.1 Å². The zero-order chi connectivity index (χ0) is 44.4. The van der Waals surface area contributed by atoms with E-state index < -0.39 is 6.10 Å². The molecule has 0 spiro atoms. The van der Waals surface area contributed by atoms with Gasteiger partial charge in [0.1, 0.15) is 13.2 Å². The first kappa shape index (κ1) is 59.1. The molecule has 0 bridgehead atoms. The van der Waals surface area contributed by atoms with Crippen LogP contribution in [0.1, 0.15) is 303 Å². The van der Waals surface area contributed by atoms with Gasteiger partial charge in [0.15, 0.2) is 6.10 Å². The highest BCUT2D eigenvalue weighted by molar-refractivity contribution is 5.71. The summed E-state index contributed by atoms with van der Waals surface area (Å²) in [6.45, 7) is 6.66. The summed E-state index contributed by atoms with van der Waals surface area (Å²) in [6.07, 6.45) is 56.2. The van der Waals surface area contributed by atoms with Crippen LogP contribution in [0.15, 0.2) is 12.2 Å². The summed E-state index contributed by atoms with van der Waals surface area (Å²) in [5.41, 5.74) is 0. The molecule has 1 atom stereocenters. The zero-order valence-electron chi connectivity index (χ0n) is 41.2. The van der Waals surface area contributed by atoms with Gasteiger partial charge < -0.3 is 14.2 Å². The molecule has 61 heavy (non-hydrogen) atoms. The van der Waals surface area contributed by atoms with Gasteiger partial charge in [0.25, 0.3) is 0 Å². The van der Waals surface area contributed by atoms with Gasteiger partial charge in [0.2, 0.25) is 0 Å². The molecule has 0 fully saturated rings. The minimum absolute atomic E-state index is 0.0669. The standard InChI is InChI=1S/C55H104O6/c1-4-7-10-13-16-19-22-25-26-27-28-31-33-36-39-42-45-48-54(57)60-51-52(61-55(58)49-46-43-40-37-34-30-24-21-18-15-12-9-6-3)50-59-53(56)47-44-41-38-35-32-29-23-20-17-14-11-8-5-2/h20,23,52H,4-19,21-22,24-51H2,1-3H3/b23-20-/t52-/m1/s1. The van der Waals surface area contributed by atoms with Crippen LogP contribution >= 0.6 is 0 Å². The van der Waals surface area contributed by atoms with E-state index in [1.165, 1.54) is 199 Å². The van der Waals surface area contributed by atoms with Gasteiger partial charge in [0, 0.05) is 19.3 Å². The van der Waals surface area contributed by atoms with Gasteiger partial charge in [-0.15, -0.1) is 0 Å². The highest BCUT2D eigenvalue weighted by atomic mass is 16.6. The Hall–Kier alpha value is -1.85. The first-order valence-corrected chi connectivity index (χ1v) is 27.2. The zero-order valence-corrected chi connectivity index (χ0v) is 41.2. The normalized spacial score (nSPS) is 12.0. The number of hydrogen-bond acceptors (Lipinski definition) is 6. The molecule has 0 saturated heterocycles. The maximum Gasteiger partial charge on any atom is 0.306 e. The summed E-state index contributed by atoms with van der Waals surface area (Å²) in [4.78, 5) is 38.0. The van der Waals surface area contributed by atoms with Crippen molar-refractivity contribution in [3.05, 3.63) is 12.2 Å². The molecule has 360 valence electrons. The van der Waals surface area contributed by atoms with Crippen molar-refractivity contribution in [1.82, 2.24) is 0 Å². The summed E-state index contributed by atoms with van der Waals surface area (Å²) in [7, 11) is 0. The Morgan fingerprint density at radius 3 is 0.836 bits per heavy atom. The lowest BCUT2D eigenvalue weighted by Crippen LogP contribution is -2.30. The largest absolute Gasteiger partial charge is 0.462 e. The van der Waals surface area contributed by atoms with Gasteiger partial charge in [-0.2, -0.15) is 0 Å². The van der Waals surface area contributed by atoms with E-state index in [0.717, 1.165) is 64.2 Å². The first-order chi connectivity index (χ1) is 30.0. The number of ether oxygens (including phenoxy) is 3. The summed E-state index contributed by atoms with van der Waals surface area (Å²) < 4.78 is 16.8. The van der Waals surface area contributed by atoms with Crippen molar-refractivity contribution in [3.63, 3.8) is 0 Å². The highest BCUT2D eigenvalue weighted by Crippen LogP contribution is 2.17. The molecule has 0 radical (unpaired) electrons. The molecule has 0 aliphatic rings. The Bertz CT molecular complexity index is 947. The second kappa shape index (κ2) is 50.8. The van der Waals surface area contributed by atoms with E-state index in [1.54, 1.807) is 0 Å². The summed E-state index contributed by atoms with van der Waals surface area (Å²) >= 11 is 0. The van der Waals surface area contributed by atoms with Crippen LogP contribution in [0.3, 0.4) is 0 Å². The Balaban J connectivity index is 4.30. The number of carbonyl (C=O) groups is 3. The van der Waals surface area contributed by atoms with Crippen molar-refractivity contribution >= 4 is 17.9 Å². The molecule has 0 aromatic rings. The molecule has 0 aromatic heterocycles. The smallest absolute Gasteiger partial charge is 0.306 e. The van der Waals surface area contributed by atoms with Crippen LogP contribution < -0.4 is 0 Å². The van der Waals surface area contributed by atoms with E-state index >= 15 is 0 Å². The fraction of sp³-hybridized carbons (Fsp3) is 0.909. The molecular weight excluding hydrogens is 757 g/mol. The highest BCUT2D eigenvalue weighted by Gasteiger charge is 2.19. The van der Waals surface area contributed by atoms with Gasteiger partial charge in [-0.3, -0.25) is 14.4 Å². The second-order valence-corrected chi connectivity index (χ2v) is 18.5. The van der Waals surface area contributed by atoms with E-state index in [0.29, 0.717) is 19.3 Å². The van der Waals surface area contributed by atoms with Gasteiger partial charge in [-0.05, 0) is 44.9 Å². The van der Waals surface area contributed by atoms with Crippen molar-refractivity contribution in [1.29, 1.82) is 0 Å². The molecule has 0 aliphatic carbocycles. The number of hydrogen-bond donors (Lipinski definition) is 0. The molecule has 0 heterocycles. The van der Waals surface area contributed by atoms with Gasteiger partial charge in [-0.25, -0.2) is 0 Å². The molecule has 6 nitrogen and oxygen atoms in total. The van der Waals surface area contributed by atoms with Crippen LogP contribution in [0.5, 0.6) is 0 Å². The molecule has 0 aromatic carbocycles. The number of unbranched alkanes of at least 4 members (excludes halogenated alkanes) is 37. The van der Waals surface area contributed by atoms with Crippen molar-refractivity contribution in [3.8, 4) is 0 Å². The van der Waals surface area contributed by atoms with Crippen molar-refractivity contribution < 1.29 is 28.6 Å². The molecule has 0 rings (SSSR count). The molecule has 0 unspecified atom stereocenters. The molecule has 0 aliphatic heterocycles. The topological polar surface area (TPSA) is 78.9 Å². The average Bonchev–Trinajstić information content (AvgIpc) is 3.26. The van der Waals surface area contributed by atoms with Crippen LogP contribution in [-0.4, -0.2) is 37.2 Å². The van der Waals surface area contributed by atoms with Crippen molar-refractivity contribution in [2.24, 2.45) is 0 Å². The molecular formula is C55H104O6. The predicted molar refractivity (Wildman–Crippen MR) is 261 cm³/mol. The number of carbonyl (C=O) groups excluding carboxylic acids is 3. The molecule has 0 saturated carbocycles. The van der Waals surface area contributed by atoms with Crippen LogP contribution in [0.2, 0.25) is 0 Å². The van der Waals surface area contributed by atoms with Crippen LogP contribution in [0.4, 0.5) is 0 Å². The summed E-state index contributed by atoms with van der Waals surface area (Å²) in [5.74, 6) is -0.856. The maximum atomic E-state index is 12.8. The van der Waals surface area contributed by atoms with Crippen LogP contribution in [-0.2, 0) is 28.6 Å². The summed E-state index contributed by atoms with van der Waals surface area (Å²) in [6, 6.07) is 0. The van der Waals surface area contributed by atoms with E-state index in [2.05, 4.69) is 32.9 Å².